The number of rotatable bonds is 9. The Morgan fingerprint density at radius 3 is 2.53 bits per heavy atom. The van der Waals surface area contributed by atoms with Crippen LogP contribution >= 0.6 is 0 Å². The Hall–Kier alpha value is -3.48. The number of hydrogen-bond donors (Lipinski definition) is 2. The highest BCUT2D eigenvalue weighted by molar-refractivity contribution is 5.93. The monoisotopic (exact) mass is 489 g/mol. The summed E-state index contributed by atoms with van der Waals surface area (Å²) in [7, 11) is 3.19. The fraction of sp³-hybridized carbons (Fsp3) is 0.448. The number of fused-ring (bicyclic) bond motifs is 1. The molecule has 2 saturated carbocycles. The van der Waals surface area contributed by atoms with Gasteiger partial charge in [-0.2, -0.15) is 0 Å². The summed E-state index contributed by atoms with van der Waals surface area (Å²) >= 11 is 0. The minimum absolute atomic E-state index is 0.0385. The molecule has 0 spiro atoms. The Morgan fingerprint density at radius 2 is 1.81 bits per heavy atom. The number of H-pyrrole nitrogens is 1. The van der Waals surface area contributed by atoms with Crippen LogP contribution in [0.5, 0.6) is 11.5 Å². The smallest absolute Gasteiger partial charge is 0.247 e. The zero-order valence-electron chi connectivity index (χ0n) is 21.1. The van der Waals surface area contributed by atoms with Crippen LogP contribution in [0.2, 0.25) is 0 Å². The fourth-order valence-corrected chi connectivity index (χ4v) is 5.43. The van der Waals surface area contributed by atoms with Crippen molar-refractivity contribution in [3.63, 3.8) is 0 Å². The zero-order valence-corrected chi connectivity index (χ0v) is 21.1. The second-order valence-electron chi connectivity index (χ2n) is 9.92. The number of carbonyl (C=O) groups excluding carboxylic acids is 2. The van der Waals surface area contributed by atoms with E-state index in [0.717, 1.165) is 55.0 Å². The number of benzene rings is 2. The fourth-order valence-electron chi connectivity index (χ4n) is 5.43. The average Bonchev–Trinajstić information content (AvgIpc) is 3.67. The first-order valence-electron chi connectivity index (χ1n) is 13.0. The number of nitrogens with one attached hydrogen (secondary N) is 2. The molecular weight excluding hydrogens is 454 g/mol. The lowest BCUT2D eigenvalue weighted by molar-refractivity contribution is -0.141. The number of methoxy groups -OCH3 is 2. The molecule has 1 heterocycles. The Balaban J connectivity index is 1.50. The first kappa shape index (κ1) is 24.2. The van der Waals surface area contributed by atoms with Crippen LogP contribution in [0.15, 0.2) is 48.7 Å². The van der Waals surface area contributed by atoms with E-state index in [1.807, 2.05) is 47.5 Å². The molecule has 2 aliphatic rings. The van der Waals surface area contributed by atoms with Gasteiger partial charge in [0.1, 0.15) is 17.5 Å². The van der Waals surface area contributed by atoms with Gasteiger partial charge in [-0.3, -0.25) is 9.59 Å². The van der Waals surface area contributed by atoms with Gasteiger partial charge >= 0.3 is 0 Å². The van der Waals surface area contributed by atoms with Crippen LogP contribution in [0, 0.1) is 0 Å². The molecule has 0 unspecified atom stereocenters. The summed E-state index contributed by atoms with van der Waals surface area (Å²) in [6.45, 7) is 0. The summed E-state index contributed by atoms with van der Waals surface area (Å²) < 4.78 is 11.1. The molecule has 0 bridgehead atoms. The Morgan fingerprint density at radius 1 is 1.03 bits per heavy atom. The molecule has 1 atom stereocenters. The van der Waals surface area contributed by atoms with E-state index in [4.69, 9.17) is 9.47 Å². The van der Waals surface area contributed by atoms with Gasteiger partial charge in [0, 0.05) is 40.8 Å². The third-order valence-electron chi connectivity index (χ3n) is 7.46. The van der Waals surface area contributed by atoms with Crippen LogP contribution in [0.1, 0.15) is 62.1 Å². The van der Waals surface area contributed by atoms with Gasteiger partial charge in [0.2, 0.25) is 11.8 Å². The Kier molecular flexibility index (Phi) is 7.16. The Bertz CT molecular complexity index is 1230. The van der Waals surface area contributed by atoms with Crippen molar-refractivity contribution in [1.29, 1.82) is 0 Å². The molecule has 190 valence electrons. The molecule has 0 radical (unpaired) electrons. The number of aromatic nitrogens is 1. The van der Waals surface area contributed by atoms with E-state index in [1.54, 1.807) is 20.3 Å². The number of carbonyl (C=O) groups is 2. The number of nitrogens with zero attached hydrogens (tertiary/aromatic N) is 1. The molecule has 2 fully saturated rings. The lowest BCUT2D eigenvalue weighted by atomic mass is 9.94. The van der Waals surface area contributed by atoms with Gasteiger partial charge in [-0.1, -0.05) is 37.5 Å². The lowest BCUT2D eigenvalue weighted by Gasteiger charge is -2.34. The molecule has 1 aromatic heterocycles. The van der Waals surface area contributed by atoms with E-state index in [9.17, 15) is 9.59 Å². The summed E-state index contributed by atoms with van der Waals surface area (Å²) in [6, 6.07) is 12.9. The molecule has 2 aromatic carbocycles. The average molecular weight is 490 g/mol. The quantitative estimate of drug-likeness (QED) is 0.447. The molecule has 7 nitrogen and oxygen atoms in total. The molecule has 3 aromatic rings. The molecule has 2 N–H and O–H groups in total. The van der Waals surface area contributed by atoms with E-state index in [1.165, 1.54) is 6.42 Å². The lowest BCUT2D eigenvalue weighted by Crippen LogP contribution is -2.48. The normalized spacial score (nSPS) is 16.9. The first-order valence-corrected chi connectivity index (χ1v) is 13.0. The highest BCUT2D eigenvalue weighted by Crippen LogP contribution is 2.40. The summed E-state index contributed by atoms with van der Waals surface area (Å²) in [5.74, 6) is 1.00. The SMILES string of the molecule is COc1ccc([C@H](C(=O)NC2CCCCC2)N(C(=O)Cc2c[nH]c3ccccc23)C2CC2)c(OC)c1. The third-order valence-corrected chi connectivity index (χ3v) is 7.46. The number of para-hydroxylation sites is 1. The minimum Gasteiger partial charge on any atom is -0.497 e. The summed E-state index contributed by atoms with van der Waals surface area (Å²) in [4.78, 5) is 32.9. The zero-order chi connectivity index (χ0) is 25.1. The van der Waals surface area contributed by atoms with Gasteiger partial charge in [-0.25, -0.2) is 0 Å². The van der Waals surface area contributed by atoms with Crippen molar-refractivity contribution in [3.05, 3.63) is 59.8 Å². The summed E-state index contributed by atoms with van der Waals surface area (Å²) in [5, 5.41) is 4.31. The van der Waals surface area contributed by atoms with Gasteiger partial charge in [-0.05, 0) is 49.4 Å². The molecule has 0 saturated heterocycles. The topological polar surface area (TPSA) is 83.7 Å². The second kappa shape index (κ2) is 10.6. The maximum Gasteiger partial charge on any atom is 0.247 e. The van der Waals surface area contributed by atoms with Crippen molar-refractivity contribution >= 4 is 22.7 Å². The van der Waals surface area contributed by atoms with Crippen LogP contribution in [-0.2, 0) is 16.0 Å². The number of amides is 2. The summed E-state index contributed by atoms with van der Waals surface area (Å²) in [5.41, 5.74) is 2.63. The van der Waals surface area contributed by atoms with Gasteiger partial charge in [0.05, 0.1) is 20.6 Å². The standard InChI is InChI=1S/C29H35N3O4/c1-35-22-14-15-24(26(17-22)36-2)28(29(34)31-20-8-4-3-5-9-20)32(21-12-13-21)27(33)16-19-18-30-25-11-7-6-10-23(19)25/h6-7,10-11,14-15,17-18,20-21,28,30H,3-5,8-9,12-13,16H2,1-2H3,(H,31,34)/t28-/m1/s1. The van der Waals surface area contributed by atoms with Crippen molar-refractivity contribution < 1.29 is 19.1 Å². The van der Waals surface area contributed by atoms with Gasteiger partial charge in [0.15, 0.2) is 0 Å². The third kappa shape index (κ3) is 5.06. The van der Waals surface area contributed by atoms with Crippen molar-refractivity contribution in [2.45, 2.75) is 69.5 Å². The summed E-state index contributed by atoms with van der Waals surface area (Å²) in [6.07, 6.45) is 9.32. The highest BCUT2D eigenvalue weighted by atomic mass is 16.5. The van der Waals surface area contributed by atoms with Gasteiger partial charge in [-0.15, -0.1) is 0 Å². The molecule has 0 aliphatic heterocycles. The maximum atomic E-state index is 13.9. The van der Waals surface area contributed by atoms with E-state index in [-0.39, 0.29) is 30.3 Å². The van der Waals surface area contributed by atoms with Crippen LogP contribution in [0.3, 0.4) is 0 Å². The van der Waals surface area contributed by atoms with Crippen LogP contribution < -0.4 is 14.8 Å². The van der Waals surface area contributed by atoms with Gasteiger partial charge in [0.25, 0.3) is 0 Å². The van der Waals surface area contributed by atoms with Crippen molar-refractivity contribution in [2.24, 2.45) is 0 Å². The van der Waals surface area contributed by atoms with Crippen molar-refractivity contribution in [2.75, 3.05) is 14.2 Å². The van der Waals surface area contributed by atoms with E-state index in [2.05, 4.69) is 10.3 Å². The predicted molar refractivity (Wildman–Crippen MR) is 139 cm³/mol. The van der Waals surface area contributed by atoms with Crippen LogP contribution in [-0.4, -0.2) is 48.0 Å². The van der Waals surface area contributed by atoms with Crippen LogP contribution in [0.25, 0.3) is 10.9 Å². The molecule has 36 heavy (non-hydrogen) atoms. The molecular formula is C29H35N3O4. The first-order chi connectivity index (χ1) is 17.6. The van der Waals surface area contributed by atoms with Crippen LogP contribution in [0.4, 0.5) is 0 Å². The predicted octanol–water partition coefficient (Wildman–Crippen LogP) is 4.91. The second-order valence-corrected chi connectivity index (χ2v) is 9.92. The maximum absolute atomic E-state index is 13.9. The highest BCUT2D eigenvalue weighted by Gasteiger charge is 2.43. The molecule has 2 aliphatic carbocycles. The number of aromatic amines is 1. The van der Waals surface area contributed by atoms with E-state index < -0.39 is 6.04 Å². The van der Waals surface area contributed by atoms with Gasteiger partial charge < -0.3 is 24.7 Å². The van der Waals surface area contributed by atoms with E-state index in [0.29, 0.717) is 17.1 Å². The minimum atomic E-state index is -0.766. The Labute approximate surface area is 212 Å². The molecule has 7 heteroatoms. The molecule has 2 amide bonds. The number of hydrogen-bond acceptors (Lipinski definition) is 4. The molecule has 5 rings (SSSR count). The van der Waals surface area contributed by atoms with Crippen molar-refractivity contribution in [1.82, 2.24) is 15.2 Å². The largest absolute Gasteiger partial charge is 0.497 e. The number of ether oxygens (including phenoxy) is 2. The van der Waals surface area contributed by atoms with E-state index >= 15 is 0 Å². The van der Waals surface area contributed by atoms with Crippen molar-refractivity contribution in [3.8, 4) is 11.5 Å².